The molecule has 1 aromatic carbocycles. The van der Waals surface area contributed by atoms with Gasteiger partial charge in [-0.15, -0.1) is 6.58 Å². The van der Waals surface area contributed by atoms with Crippen LogP contribution in [0.2, 0.25) is 0 Å². The molecule has 0 heterocycles. The topological polar surface area (TPSA) is 37.4 Å². The molecule has 0 unspecified atom stereocenters. The van der Waals surface area contributed by atoms with Gasteiger partial charge in [-0.05, 0) is 23.1 Å². The summed E-state index contributed by atoms with van der Waals surface area (Å²) >= 11 is 0. The van der Waals surface area contributed by atoms with Gasteiger partial charge in [0.25, 0.3) is 0 Å². The predicted octanol–water partition coefficient (Wildman–Crippen LogP) is 2.79. The van der Waals surface area contributed by atoms with Gasteiger partial charge in [-0.2, -0.15) is 4.31 Å². The van der Waals surface area contributed by atoms with Gasteiger partial charge in [-0.1, -0.05) is 39.0 Å². The maximum absolute atomic E-state index is 12.2. The molecule has 0 aliphatic carbocycles. The number of benzene rings is 1. The number of sulfonamides is 1. The van der Waals surface area contributed by atoms with Crippen LogP contribution in [0.25, 0.3) is 0 Å². The van der Waals surface area contributed by atoms with Gasteiger partial charge >= 0.3 is 0 Å². The molecule has 0 amide bonds. The van der Waals surface area contributed by atoms with E-state index in [2.05, 4.69) is 27.4 Å². The fourth-order valence-electron chi connectivity index (χ4n) is 1.59. The van der Waals surface area contributed by atoms with Gasteiger partial charge < -0.3 is 0 Å². The predicted molar refractivity (Wildman–Crippen MR) is 75.2 cm³/mol. The fourth-order valence-corrected chi connectivity index (χ4v) is 2.73. The van der Waals surface area contributed by atoms with Crippen LogP contribution in [0, 0.1) is 0 Å². The molecule has 18 heavy (non-hydrogen) atoms. The molecule has 0 fully saturated rings. The summed E-state index contributed by atoms with van der Waals surface area (Å²) in [6.45, 7) is 10.1. The molecule has 0 aliphatic rings. The average molecular weight is 267 g/mol. The average Bonchev–Trinajstić information content (AvgIpc) is 2.28. The summed E-state index contributed by atoms with van der Waals surface area (Å²) in [5, 5.41) is 0. The SMILES string of the molecule is C=CCN(C)S(=O)(=O)c1ccc(C(C)(C)C)cc1. The van der Waals surface area contributed by atoms with Crippen molar-refractivity contribution >= 4 is 10.0 Å². The van der Waals surface area contributed by atoms with Crippen LogP contribution in [0.15, 0.2) is 41.8 Å². The van der Waals surface area contributed by atoms with Gasteiger partial charge in [0.15, 0.2) is 0 Å². The molecule has 4 heteroatoms. The second-order valence-corrected chi connectivity index (χ2v) is 7.39. The lowest BCUT2D eigenvalue weighted by Gasteiger charge is -2.20. The Bertz CT molecular complexity index is 510. The molecule has 0 N–H and O–H groups in total. The Kier molecular flexibility index (Phi) is 4.35. The van der Waals surface area contributed by atoms with Crippen molar-refractivity contribution in [3.63, 3.8) is 0 Å². The van der Waals surface area contributed by atoms with E-state index in [0.717, 1.165) is 5.56 Å². The van der Waals surface area contributed by atoms with Gasteiger partial charge in [0.05, 0.1) is 4.90 Å². The molecular weight excluding hydrogens is 246 g/mol. The van der Waals surface area contributed by atoms with Gasteiger partial charge in [-0.25, -0.2) is 8.42 Å². The quantitative estimate of drug-likeness (QED) is 0.787. The molecule has 0 atom stereocenters. The summed E-state index contributed by atoms with van der Waals surface area (Å²) in [5.74, 6) is 0. The van der Waals surface area contributed by atoms with Gasteiger partial charge in [0.1, 0.15) is 0 Å². The van der Waals surface area contributed by atoms with E-state index >= 15 is 0 Å². The highest BCUT2D eigenvalue weighted by molar-refractivity contribution is 7.89. The molecule has 0 radical (unpaired) electrons. The number of nitrogens with zero attached hydrogens (tertiary/aromatic N) is 1. The third-order valence-electron chi connectivity index (χ3n) is 2.81. The minimum Gasteiger partial charge on any atom is -0.207 e. The molecule has 100 valence electrons. The Morgan fingerprint density at radius 1 is 1.22 bits per heavy atom. The summed E-state index contributed by atoms with van der Waals surface area (Å²) in [7, 11) is -1.85. The molecule has 3 nitrogen and oxygen atoms in total. The first kappa shape index (κ1) is 14.9. The zero-order valence-electron chi connectivity index (χ0n) is 11.5. The van der Waals surface area contributed by atoms with Crippen molar-refractivity contribution in [2.45, 2.75) is 31.1 Å². The first-order chi connectivity index (χ1) is 8.19. The summed E-state index contributed by atoms with van der Waals surface area (Å²) < 4.78 is 25.6. The van der Waals surface area contributed by atoms with Crippen molar-refractivity contribution in [1.82, 2.24) is 4.31 Å². The second-order valence-electron chi connectivity index (χ2n) is 5.35. The minimum atomic E-state index is -3.40. The number of hydrogen-bond acceptors (Lipinski definition) is 2. The van der Waals surface area contributed by atoms with Crippen LogP contribution in [0.5, 0.6) is 0 Å². The van der Waals surface area contributed by atoms with Gasteiger partial charge in [0, 0.05) is 13.6 Å². The summed E-state index contributed by atoms with van der Waals surface area (Å²) in [4.78, 5) is 0.319. The maximum Gasteiger partial charge on any atom is 0.243 e. The van der Waals surface area contributed by atoms with Crippen LogP contribution >= 0.6 is 0 Å². The van der Waals surface area contributed by atoms with E-state index in [1.54, 1.807) is 25.3 Å². The molecule has 0 aromatic heterocycles. The summed E-state index contributed by atoms with van der Waals surface area (Å²) in [5.41, 5.74) is 1.14. The van der Waals surface area contributed by atoms with Crippen molar-refractivity contribution in [2.75, 3.05) is 13.6 Å². The molecule has 0 saturated carbocycles. The molecule has 0 aliphatic heterocycles. The lowest BCUT2D eigenvalue weighted by molar-refractivity contribution is 0.499. The lowest BCUT2D eigenvalue weighted by Crippen LogP contribution is -2.27. The van der Waals surface area contributed by atoms with Crippen molar-refractivity contribution in [3.05, 3.63) is 42.5 Å². The summed E-state index contributed by atoms with van der Waals surface area (Å²) in [6.07, 6.45) is 1.57. The molecule has 0 saturated heterocycles. The molecular formula is C14H21NO2S. The Hall–Kier alpha value is -1.13. The van der Waals surface area contributed by atoms with E-state index in [-0.39, 0.29) is 5.41 Å². The normalized spacial score (nSPS) is 12.7. The Balaban J connectivity index is 3.09. The maximum atomic E-state index is 12.2. The number of hydrogen-bond donors (Lipinski definition) is 0. The van der Waals surface area contributed by atoms with E-state index in [9.17, 15) is 8.42 Å². The molecule has 0 spiro atoms. The van der Waals surface area contributed by atoms with Crippen LogP contribution in [-0.4, -0.2) is 26.3 Å². The highest BCUT2D eigenvalue weighted by atomic mass is 32.2. The first-order valence-corrected chi connectivity index (χ1v) is 7.31. The lowest BCUT2D eigenvalue weighted by atomic mass is 9.87. The van der Waals surface area contributed by atoms with Crippen LogP contribution in [0.3, 0.4) is 0 Å². The Morgan fingerprint density at radius 3 is 2.11 bits per heavy atom. The zero-order chi connectivity index (χ0) is 14.0. The van der Waals surface area contributed by atoms with Crippen LogP contribution in [0.1, 0.15) is 26.3 Å². The van der Waals surface area contributed by atoms with E-state index in [1.807, 2.05) is 12.1 Å². The fraction of sp³-hybridized carbons (Fsp3) is 0.429. The van der Waals surface area contributed by atoms with E-state index < -0.39 is 10.0 Å². The third kappa shape index (κ3) is 3.21. The molecule has 0 bridgehead atoms. The third-order valence-corrected chi connectivity index (χ3v) is 4.65. The van der Waals surface area contributed by atoms with Crippen molar-refractivity contribution in [3.8, 4) is 0 Å². The van der Waals surface area contributed by atoms with Crippen molar-refractivity contribution < 1.29 is 8.42 Å². The Labute approximate surface area is 110 Å². The monoisotopic (exact) mass is 267 g/mol. The highest BCUT2D eigenvalue weighted by Crippen LogP contribution is 2.24. The van der Waals surface area contributed by atoms with E-state index in [0.29, 0.717) is 11.4 Å². The smallest absolute Gasteiger partial charge is 0.207 e. The summed E-state index contributed by atoms with van der Waals surface area (Å²) in [6, 6.07) is 7.06. The second kappa shape index (κ2) is 5.24. The van der Waals surface area contributed by atoms with Gasteiger partial charge in [-0.3, -0.25) is 0 Å². The van der Waals surface area contributed by atoms with Gasteiger partial charge in [0.2, 0.25) is 10.0 Å². The van der Waals surface area contributed by atoms with Crippen molar-refractivity contribution in [2.24, 2.45) is 0 Å². The zero-order valence-corrected chi connectivity index (χ0v) is 12.3. The van der Waals surface area contributed by atoms with Crippen LogP contribution in [0.4, 0.5) is 0 Å². The van der Waals surface area contributed by atoms with Crippen LogP contribution in [-0.2, 0) is 15.4 Å². The standard InChI is InChI=1S/C14H21NO2S/c1-6-11-15(5)18(16,17)13-9-7-12(8-10-13)14(2,3)4/h6-10H,1,11H2,2-5H3. The Morgan fingerprint density at radius 2 is 1.72 bits per heavy atom. The number of rotatable bonds is 4. The van der Waals surface area contributed by atoms with E-state index in [1.165, 1.54) is 4.31 Å². The van der Waals surface area contributed by atoms with E-state index in [4.69, 9.17) is 0 Å². The largest absolute Gasteiger partial charge is 0.243 e. The van der Waals surface area contributed by atoms with Crippen LogP contribution < -0.4 is 0 Å². The number of likely N-dealkylation sites (N-methyl/N-ethyl adjacent to an activating group) is 1. The molecule has 1 rings (SSSR count). The molecule has 1 aromatic rings. The van der Waals surface area contributed by atoms with Crippen molar-refractivity contribution in [1.29, 1.82) is 0 Å². The minimum absolute atomic E-state index is 0.0231. The highest BCUT2D eigenvalue weighted by Gasteiger charge is 2.20. The first-order valence-electron chi connectivity index (χ1n) is 5.87.